The minimum atomic E-state index is -0.484. The molecule has 0 radical (unpaired) electrons. The van der Waals surface area contributed by atoms with E-state index in [0.29, 0.717) is 0 Å². The molecule has 0 rings (SSSR count). The molecule has 0 spiro atoms. The van der Waals surface area contributed by atoms with Crippen LogP contribution in [0.4, 0.5) is 0 Å². The van der Waals surface area contributed by atoms with Gasteiger partial charge in [0, 0.05) is 0 Å². The lowest BCUT2D eigenvalue weighted by molar-refractivity contribution is 0.767. The van der Waals surface area contributed by atoms with Crippen LogP contribution in [0.5, 0.6) is 0 Å². The Morgan fingerprint density at radius 3 is 1.17 bits per heavy atom. The Morgan fingerprint density at radius 1 is 0.750 bits per heavy atom. The predicted octanol–water partition coefficient (Wildman–Crippen LogP) is 2.98. The van der Waals surface area contributed by atoms with Gasteiger partial charge in [0.05, 0.1) is 0 Å². The van der Waals surface area contributed by atoms with E-state index < -0.39 is 28.7 Å². The fourth-order valence-electron chi connectivity index (χ4n) is 2.03. The third-order valence-electron chi connectivity index (χ3n) is 3.04. The molecule has 0 bridgehead atoms. The van der Waals surface area contributed by atoms with Gasteiger partial charge in [-0.25, -0.2) is 0 Å². The van der Waals surface area contributed by atoms with Crippen molar-refractivity contribution in [1.29, 1.82) is 0 Å². The molecule has 12 heavy (non-hydrogen) atoms. The van der Waals surface area contributed by atoms with E-state index in [2.05, 4.69) is 37.6 Å². The van der Waals surface area contributed by atoms with Crippen molar-refractivity contribution in [3.63, 3.8) is 0 Å². The van der Waals surface area contributed by atoms with Gasteiger partial charge in [-0.05, 0) is 0 Å². The highest BCUT2D eigenvalue weighted by atomic mass is 27.3. The summed E-state index contributed by atoms with van der Waals surface area (Å²) in [5.74, 6) is 0. The normalized spacial score (nSPS) is 10.5. The highest BCUT2D eigenvalue weighted by molar-refractivity contribution is 6.72. The molecule has 0 heterocycles. The van der Waals surface area contributed by atoms with Crippen LogP contribution in [0.15, 0.2) is 0 Å². The highest BCUT2D eigenvalue weighted by Gasteiger charge is 2.27. The molecule has 70 valence electrons. The molecule has 0 aliphatic carbocycles. The van der Waals surface area contributed by atoms with Crippen molar-refractivity contribution in [2.75, 3.05) is 7.05 Å². The second-order valence-electron chi connectivity index (χ2n) is 3.61. The first-order valence-corrected chi connectivity index (χ1v) is 9.72. The first-order chi connectivity index (χ1) is 5.71. The van der Waals surface area contributed by atoms with Gasteiger partial charge >= 0.3 is 28.7 Å². The van der Waals surface area contributed by atoms with E-state index in [0.717, 1.165) is 0 Å². The summed E-state index contributed by atoms with van der Waals surface area (Å²) in [4.78, 5) is 0. The Balaban J connectivity index is 4.02. The van der Waals surface area contributed by atoms with Crippen molar-refractivity contribution in [2.45, 2.75) is 48.8 Å². The molecule has 1 nitrogen and oxygen atoms in total. The van der Waals surface area contributed by atoms with E-state index in [-0.39, 0.29) is 0 Å². The lowest BCUT2D eigenvalue weighted by Gasteiger charge is -2.28. The Morgan fingerprint density at radius 2 is 1.00 bits per heavy atom. The van der Waals surface area contributed by atoms with Crippen LogP contribution in [0.1, 0.15) is 27.7 Å². The molecule has 0 atom stereocenters. The van der Waals surface area contributed by atoms with Gasteiger partial charge in [0.2, 0.25) is 0 Å². The van der Waals surface area contributed by atoms with Crippen LogP contribution in [-0.2, 0) is 0 Å². The second-order valence-corrected chi connectivity index (χ2v) is 11.7. The average Bonchev–Trinajstić information content (AvgIpc) is 2.09. The maximum Gasteiger partial charge on any atom is 0.349 e. The summed E-state index contributed by atoms with van der Waals surface area (Å²) in [6, 6.07) is 0. The van der Waals surface area contributed by atoms with Gasteiger partial charge < -0.3 is 2.87 Å². The van der Waals surface area contributed by atoms with Gasteiger partial charge in [-0.3, -0.25) is 0 Å². The number of hydrogen-bond donors (Lipinski definition) is 0. The van der Waals surface area contributed by atoms with Gasteiger partial charge in [-0.2, -0.15) is 0 Å². The first-order valence-electron chi connectivity index (χ1n) is 5.43. The lowest BCUT2D eigenvalue weighted by Crippen LogP contribution is -2.45. The third-order valence-corrected chi connectivity index (χ3v) is 11.6. The Labute approximate surface area is 87.4 Å². The largest absolute Gasteiger partial charge is 0.473 e. The molecule has 0 amide bonds. The third kappa shape index (κ3) is 3.82. The van der Waals surface area contributed by atoms with E-state index in [4.69, 9.17) is 0 Å². The summed E-state index contributed by atoms with van der Waals surface area (Å²) < 4.78 is 2.83. The smallest absolute Gasteiger partial charge is 0.349 e. The molecular formula is C9H23Al2N. The van der Waals surface area contributed by atoms with Crippen molar-refractivity contribution in [2.24, 2.45) is 0 Å². The summed E-state index contributed by atoms with van der Waals surface area (Å²) in [5, 5.41) is 5.82. The number of nitrogens with zero attached hydrogens (tertiary/aromatic N) is 1. The summed E-state index contributed by atoms with van der Waals surface area (Å²) in [6.45, 7) is 9.47. The van der Waals surface area contributed by atoms with Gasteiger partial charge in [0.1, 0.15) is 0 Å². The molecule has 0 aromatic rings. The fraction of sp³-hybridized carbons (Fsp3) is 1.00. The molecule has 0 saturated heterocycles. The van der Waals surface area contributed by atoms with Gasteiger partial charge in [-0.15, -0.1) is 0 Å². The van der Waals surface area contributed by atoms with E-state index in [1.54, 1.807) is 0 Å². The van der Waals surface area contributed by atoms with Gasteiger partial charge in [0.25, 0.3) is 0 Å². The van der Waals surface area contributed by atoms with E-state index in [1.807, 2.05) is 0 Å². The number of hydrogen-bond acceptors (Lipinski definition) is 1. The van der Waals surface area contributed by atoms with Crippen molar-refractivity contribution in [3.05, 3.63) is 0 Å². The van der Waals surface area contributed by atoms with Gasteiger partial charge in [0.15, 0.2) is 0 Å². The average molecular weight is 199 g/mol. The van der Waals surface area contributed by atoms with Crippen LogP contribution in [0.25, 0.3) is 0 Å². The van der Waals surface area contributed by atoms with Gasteiger partial charge in [-0.1, -0.05) is 55.9 Å². The van der Waals surface area contributed by atoms with E-state index in [1.165, 1.54) is 21.1 Å². The fourth-order valence-corrected chi connectivity index (χ4v) is 10.4. The van der Waals surface area contributed by atoms with Crippen LogP contribution in [0.2, 0.25) is 21.1 Å². The Kier molecular flexibility index (Phi) is 8.07. The lowest BCUT2D eigenvalue weighted by atomic mass is 10.9. The topological polar surface area (TPSA) is 3.24 Å². The molecule has 0 saturated carbocycles. The van der Waals surface area contributed by atoms with Crippen molar-refractivity contribution < 1.29 is 0 Å². The first kappa shape index (κ1) is 13.0. The van der Waals surface area contributed by atoms with Crippen LogP contribution in [0, 0.1) is 0 Å². The van der Waals surface area contributed by atoms with Crippen LogP contribution < -0.4 is 0 Å². The predicted molar refractivity (Wildman–Crippen MR) is 61.2 cm³/mol. The summed E-state index contributed by atoms with van der Waals surface area (Å²) in [6.07, 6.45) is 0. The van der Waals surface area contributed by atoms with E-state index in [9.17, 15) is 0 Å². The van der Waals surface area contributed by atoms with Crippen LogP contribution in [-0.4, -0.2) is 38.7 Å². The molecule has 0 aromatic heterocycles. The molecular weight excluding hydrogens is 176 g/mol. The highest BCUT2D eigenvalue weighted by Crippen LogP contribution is 2.10. The summed E-state index contributed by atoms with van der Waals surface area (Å²) >= 11 is -0.969. The quantitative estimate of drug-likeness (QED) is 0.594. The minimum Gasteiger partial charge on any atom is -0.473 e. The Bertz CT molecular complexity index is 88.7. The maximum atomic E-state index is 2.83. The van der Waals surface area contributed by atoms with E-state index >= 15 is 0 Å². The summed E-state index contributed by atoms with van der Waals surface area (Å²) in [5.41, 5.74) is 0. The standard InChI is InChI=1S/4C2H5.CH3N.2Al/c5*1-2;;/h4*1H2,2H3;1H3;;. The van der Waals surface area contributed by atoms with Crippen LogP contribution >= 0.6 is 0 Å². The SMILES string of the molecule is C[CH2][Al]([CH2]C)[N](C)[Al]([CH2]C)[CH2]C. The molecule has 0 unspecified atom stereocenters. The molecule has 0 aliphatic rings. The molecule has 0 aromatic carbocycles. The molecule has 0 N–H and O–H groups in total. The molecule has 3 heteroatoms. The Hall–Kier alpha value is 1.02. The molecule has 0 aliphatic heterocycles. The molecule has 0 fully saturated rings. The zero-order chi connectivity index (χ0) is 9.56. The zero-order valence-corrected chi connectivity index (χ0v) is 11.7. The minimum absolute atomic E-state index is 0.484. The summed E-state index contributed by atoms with van der Waals surface area (Å²) in [7, 11) is 2.40. The monoisotopic (exact) mass is 199 g/mol. The van der Waals surface area contributed by atoms with Crippen molar-refractivity contribution in [3.8, 4) is 0 Å². The number of rotatable bonds is 6. The van der Waals surface area contributed by atoms with Crippen molar-refractivity contribution >= 4 is 28.7 Å². The zero-order valence-electron chi connectivity index (χ0n) is 9.43. The second kappa shape index (κ2) is 7.43. The van der Waals surface area contributed by atoms with Crippen LogP contribution in [0.3, 0.4) is 0 Å². The maximum absolute atomic E-state index is 2.83. The van der Waals surface area contributed by atoms with Crippen molar-refractivity contribution in [1.82, 2.24) is 2.87 Å².